The highest BCUT2D eigenvalue weighted by Crippen LogP contribution is 2.24. The highest BCUT2D eigenvalue weighted by molar-refractivity contribution is 5.87. The van der Waals surface area contributed by atoms with Crippen LogP contribution in [0.4, 0.5) is 0 Å². The van der Waals surface area contributed by atoms with E-state index in [1.807, 2.05) is 12.1 Å². The summed E-state index contributed by atoms with van der Waals surface area (Å²) in [6, 6.07) is 18.9. The Bertz CT molecular complexity index is 894. The van der Waals surface area contributed by atoms with Gasteiger partial charge in [-0.1, -0.05) is 43.3 Å². The van der Waals surface area contributed by atoms with E-state index in [0.29, 0.717) is 0 Å². The van der Waals surface area contributed by atoms with Crippen LogP contribution >= 0.6 is 0 Å². The van der Waals surface area contributed by atoms with Gasteiger partial charge in [-0.15, -0.1) is 0 Å². The number of methoxy groups -OCH3 is 1. The lowest BCUT2D eigenvalue weighted by molar-refractivity contribution is 0.318. The molecule has 2 nitrogen and oxygen atoms in total. The Morgan fingerprint density at radius 3 is 2.36 bits per heavy atom. The molecule has 0 aliphatic heterocycles. The van der Waals surface area contributed by atoms with Gasteiger partial charge in [0.05, 0.1) is 13.7 Å². The molecule has 0 unspecified atom stereocenters. The predicted molar refractivity (Wildman–Crippen MR) is 106 cm³/mol. The van der Waals surface area contributed by atoms with E-state index in [0.717, 1.165) is 24.5 Å². The SMILES string of the molecule is CCCOc1ccc2cc(/C=C/c3ccc(OC)cc3C)ccc2c1. The van der Waals surface area contributed by atoms with Crippen molar-refractivity contribution in [3.8, 4) is 11.5 Å². The van der Waals surface area contributed by atoms with E-state index in [-0.39, 0.29) is 0 Å². The number of rotatable bonds is 6. The van der Waals surface area contributed by atoms with Crippen LogP contribution in [0.25, 0.3) is 22.9 Å². The summed E-state index contributed by atoms with van der Waals surface area (Å²) >= 11 is 0. The molecule has 0 aliphatic rings. The van der Waals surface area contributed by atoms with Crippen molar-refractivity contribution in [3.63, 3.8) is 0 Å². The molecule has 3 rings (SSSR count). The van der Waals surface area contributed by atoms with Crippen LogP contribution in [-0.2, 0) is 0 Å². The van der Waals surface area contributed by atoms with Crippen LogP contribution in [-0.4, -0.2) is 13.7 Å². The zero-order valence-electron chi connectivity index (χ0n) is 15.1. The molecule has 2 heteroatoms. The number of hydrogen-bond acceptors (Lipinski definition) is 2. The van der Waals surface area contributed by atoms with Gasteiger partial charge in [-0.3, -0.25) is 0 Å². The lowest BCUT2D eigenvalue weighted by atomic mass is 10.0. The van der Waals surface area contributed by atoms with Gasteiger partial charge in [-0.25, -0.2) is 0 Å². The van der Waals surface area contributed by atoms with Gasteiger partial charge in [0.1, 0.15) is 11.5 Å². The van der Waals surface area contributed by atoms with Crippen molar-refractivity contribution in [1.82, 2.24) is 0 Å². The first kappa shape index (κ1) is 17.1. The molecule has 0 bridgehead atoms. The van der Waals surface area contributed by atoms with E-state index >= 15 is 0 Å². The quantitative estimate of drug-likeness (QED) is 0.507. The maximum absolute atomic E-state index is 5.71. The van der Waals surface area contributed by atoms with E-state index in [2.05, 4.69) is 68.5 Å². The van der Waals surface area contributed by atoms with Crippen LogP contribution in [0.5, 0.6) is 11.5 Å². The van der Waals surface area contributed by atoms with Gasteiger partial charge in [0.15, 0.2) is 0 Å². The fourth-order valence-electron chi connectivity index (χ4n) is 2.80. The van der Waals surface area contributed by atoms with E-state index in [1.54, 1.807) is 7.11 Å². The van der Waals surface area contributed by atoms with Gasteiger partial charge in [0, 0.05) is 0 Å². The molecule has 0 aliphatic carbocycles. The van der Waals surface area contributed by atoms with Crippen LogP contribution in [0.1, 0.15) is 30.0 Å². The summed E-state index contributed by atoms with van der Waals surface area (Å²) in [6.07, 6.45) is 5.32. The zero-order valence-corrected chi connectivity index (χ0v) is 15.1. The largest absolute Gasteiger partial charge is 0.497 e. The maximum Gasteiger partial charge on any atom is 0.119 e. The Morgan fingerprint density at radius 1 is 0.840 bits per heavy atom. The predicted octanol–water partition coefficient (Wildman–Crippen LogP) is 6.12. The number of benzene rings is 3. The highest BCUT2D eigenvalue weighted by Gasteiger charge is 2.00. The highest BCUT2D eigenvalue weighted by atomic mass is 16.5. The summed E-state index contributed by atoms with van der Waals surface area (Å²) in [5.74, 6) is 1.83. The summed E-state index contributed by atoms with van der Waals surface area (Å²) < 4.78 is 11.0. The lowest BCUT2D eigenvalue weighted by Gasteiger charge is -2.07. The summed E-state index contributed by atoms with van der Waals surface area (Å²) in [5.41, 5.74) is 3.59. The van der Waals surface area contributed by atoms with Crippen molar-refractivity contribution in [2.45, 2.75) is 20.3 Å². The van der Waals surface area contributed by atoms with Crippen molar-refractivity contribution < 1.29 is 9.47 Å². The van der Waals surface area contributed by atoms with E-state index in [4.69, 9.17) is 9.47 Å². The van der Waals surface area contributed by atoms with Crippen molar-refractivity contribution >= 4 is 22.9 Å². The molecule has 0 N–H and O–H groups in total. The molecule has 0 saturated heterocycles. The third-order valence-electron chi connectivity index (χ3n) is 4.24. The second-order valence-electron chi connectivity index (χ2n) is 6.17. The normalized spacial score (nSPS) is 11.2. The molecule has 128 valence electrons. The first-order valence-corrected chi connectivity index (χ1v) is 8.69. The number of aryl methyl sites for hydroxylation is 1. The second-order valence-corrected chi connectivity index (χ2v) is 6.17. The number of fused-ring (bicyclic) bond motifs is 1. The van der Waals surface area contributed by atoms with Gasteiger partial charge in [0.2, 0.25) is 0 Å². The van der Waals surface area contributed by atoms with Crippen molar-refractivity contribution in [3.05, 3.63) is 71.3 Å². The molecule has 0 saturated carbocycles. The molecule has 0 aromatic heterocycles. The van der Waals surface area contributed by atoms with Crippen LogP contribution in [0.3, 0.4) is 0 Å². The van der Waals surface area contributed by atoms with Gasteiger partial charge in [0.25, 0.3) is 0 Å². The summed E-state index contributed by atoms with van der Waals surface area (Å²) in [6.45, 7) is 4.97. The third kappa shape index (κ3) is 4.21. The van der Waals surface area contributed by atoms with E-state index in [1.165, 1.54) is 27.5 Å². The number of ether oxygens (including phenoxy) is 2. The van der Waals surface area contributed by atoms with Crippen LogP contribution in [0.15, 0.2) is 54.6 Å². The molecule has 3 aromatic rings. The number of hydrogen-bond donors (Lipinski definition) is 0. The Morgan fingerprint density at radius 2 is 1.60 bits per heavy atom. The Hall–Kier alpha value is -2.74. The van der Waals surface area contributed by atoms with Gasteiger partial charge < -0.3 is 9.47 Å². The zero-order chi connectivity index (χ0) is 17.6. The standard InChI is InChI=1S/C23H24O2/c1-4-13-25-23-12-10-20-15-18(6-8-21(20)16-23)5-7-19-9-11-22(24-3)14-17(19)2/h5-12,14-16H,4,13H2,1-3H3/b7-5+. The average molecular weight is 332 g/mol. The van der Waals surface area contributed by atoms with Crippen LogP contribution in [0.2, 0.25) is 0 Å². The van der Waals surface area contributed by atoms with Crippen LogP contribution < -0.4 is 9.47 Å². The van der Waals surface area contributed by atoms with Gasteiger partial charge >= 0.3 is 0 Å². The summed E-state index contributed by atoms with van der Waals surface area (Å²) in [7, 11) is 1.69. The van der Waals surface area contributed by atoms with Gasteiger partial charge in [-0.05, 0) is 71.1 Å². The minimum atomic E-state index is 0.757. The first-order chi connectivity index (χ1) is 12.2. The van der Waals surface area contributed by atoms with Crippen molar-refractivity contribution in [2.24, 2.45) is 0 Å². The van der Waals surface area contributed by atoms with Crippen molar-refractivity contribution in [1.29, 1.82) is 0 Å². The Labute approximate surface area is 149 Å². The average Bonchev–Trinajstić information content (AvgIpc) is 2.65. The lowest BCUT2D eigenvalue weighted by Crippen LogP contribution is -1.94. The Balaban J connectivity index is 1.82. The first-order valence-electron chi connectivity index (χ1n) is 8.69. The molecule has 0 fully saturated rings. The summed E-state index contributed by atoms with van der Waals surface area (Å²) in [4.78, 5) is 0. The molecule has 0 radical (unpaired) electrons. The molecule has 0 spiro atoms. The monoisotopic (exact) mass is 332 g/mol. The fraction of sp³-hybridized carbons (Fsp3) is 0.217. The van der Waals surface area contributed by atoms with Crippen molar-refractivity contribution in [2.75, 3.05) is 13.7 Å². The van der Waals surface area contributed by atoms with E-state index in [9.17, 15) is 0 Å². The van der Waals surface area contributed by atoms with Crippen LogP contribution in [0, 0.1) is 6.92 Å². The minimum absolute atomic E-state index is 0.757. The third-order valence-corrected chi connectivity index (χ3v) is 4.24. The second kappa shape index (κ2) is 7.89. The van der Waals surface area contributed by atoms with Gasteiger partial charge in [-0.2, -0.15) is 0 Å². The fourth-order valence-corrected chi connectivity index (χ4v) is 2.80. The molecule has 0 atom stereocenters. The topological polar surface area (TPSA) is 18.5 Å². The Kier molecular flexibility index (Phi) is 5.39. The molecule has 25 heavy (non-hydrogen) atoms. The molecule has 0 amide bonds. The minimum Gasteiger partial charge on any atom is -0.497 e. The molecular formula is C23H24O2. The smallest absolute Gasteiger partial charge is 0.119 e. The maximum atomic E-state index is 5.71. The summed E-state index contributed by atoms with van der Waals surface area (Å²) in [5, 5.41) is 2.42. The van der Waals surface area contributed by atoms with E-state index < -0.39 is 0 Å². The molecular weight excluding hydrogens is 308 g/mol. The molecule has 0 heterocycles. The molecule has 3 aromatic carbocycles.